The van der Waals surface area contributed by atoms with Gasteiger partial charge >= 0.3 is 6.03 Å². The molecular formula is C2H4FN3O2. The van der Waals surface area contributed by atoms with Gasteiger partial charge in [0.05, 0.1) is 5.29 Å². The molecule has 0 spiro atoms. The zero-order valence-electron chi connectivity index (χ0n) is 3.87. The Balaban J connectivity index is 3.69. The van der Waals surface area contributed by atoms with Gasteiger partial charge in [-0.1, -0.05) is 0 Å². The van der Waals surface area contributed by atoms with Crippen molar-refractivity contribution in [2.75, 3.05) is 6.80 Å². The Hall–Kier alpha value is -1.20. The van der Waals surface area contributed by atoms with Crippen molar-refractivity contribution in [1.29, 1.82) is 0 Å². The first-order valence-corrected chi connectivity index (χ1v) is 1.68. The minimum absolute atomic E-state index is 0.0417. The highest BCUT2D eigenvalue weighted by atomic mass is 19.1. The van der Waals surface area contributed by atoms with E-state index in [1.165, 1.54) is 0 Å². The van der Waals surface area contributed by atoms with E-state index in [9.17, 15) is 14.1 Å². The van der Waals surface area contributed by atoms with Gasteiger partial charge < -0.3 is 5.73 Å². The molecule has 0 aromatic carbocycles. The number of nitrogens with two attached hydrogens (primary N) is 1. The number of nitroso groups, excluding NO2 is 1. The van der Waals surface area contributed by atoms with Crippen molar-refractivity contribution in [3.05, 3.63) is 4.91 Å². The summed E-state index contributed by atoms with van der Waals surface area (Å²) in [4.78, 5) is 19.1. The number of urea groups is 1. The molecule has 0 heterocycles. The van der Waals surface area contributed by atoms with Crippen LogP contribution >= 0.6 is 0 Å². The van der Waals surface area contributed by atoms with Crippen molar-refractivity contribution >= 4 is 6.03 Å². The lowest BCUT2D eigenvalue weighted by Gasteiger charge is -2.00. The minimum Gasteiger partial charge on any atom is -0.350 e. The van der Waals surface area contributed by atoms with Gasteiger partial charge in [0.2, 0.25) is 0 Å². The average molecular weight is 121 g/mol. The van der Waals surface area contributed by atoms with Crippen LogP contribution < -0.4 is 5.73 Å². The maximum Gasteiger partial charge on any atom is 0.340 e. The standard InChI is InChI=1S/C2H4FN3O2/c3-1-6(5-8)2(4)7/h1H2,(H2,4,7). The molecule has 0 aliphatic carbocycles. The summed E-state index contributed by atoms with van der Waals surface area (Å²) >= 11 is 0. The molecule has 0 aromatic rings. The van der Waals surface area contributed by atoms with Crippen molar-refractivity contribution in [2.45, 2.75) is 0 Å². The fourth-order valence-corrected chi connectivity index (χ4v) is 0.121. The first kappa shape index (κ1) is 6.80. The van der Waals surface area contributed by atoms with Gasteiger partial charge in [0, 0.05) is 0 Å². The van der Waals surface area contributed by atoms with Crippen molar-refractivity contribution in [3.8, 4) is 0 Å². The topological polar surface area (TPSA) is 75.8 Å². The summed E-state index contributed by atoms with van der Waals surface area (Å²) in [5.74, 6) is 0. The number of alkyl halides is 1. The fourth-order valence-electron chi connectivity index (χ4n) is 0.121. The van der Waals surface area contributed by atoms with Crippen LogP contribution in [0.5, 0.6) is 0 Å². The van der Waals surface area contributed by atoms with Gasteiger partial charge in [0.25, 0.3) is 0 Å². The smallest absolute Gasteiger partial charge is 0.340 e. The van der Waals surface area contributed by atoms with E-state index in [-0.39, 0.29) is 5.01 Å². The van der Waals surface area contributed by atoms with Crippen molar-refractivity contribution < 1.29 is 9.18 Å². The zero-order valence-corrected chi connectivity index (χ0v) is 3.87. The van der Waals surface area contributed by atoms with Gasteiger partial charge in [-0.3, -0.25) is 0 Å². The molecule has 2 amide bonds. The van der Waals surface area contributed by atoms with E-state index < -0.39 is 12.8 Å². The fraction of sp³-hybridized carbons (Fsp3) is 0.500. The Morgan fingerprint density at radius 1 is 1.88 bits per heavy atom. The molecule has 6 heteroatoms. The third-order valence-electron chi connectivity index (χ3n) is 0.466. The molecule has 0 saturated carbocycles. The third-order valence-corrected chi connectivity index (χ3v) is 0.466. The quantitative estimate of drug-likeness (QED) is 0.316. The number of carbonyl (C=O) groups is 1. The number of halogens is 1. The van der Waals surface area contributed by atoms with Crippen LogP contribution in [0.25, 0.3) is 0 Å². The maximum atomic E-state index is 11.2. The second-order valence-electron chi connectivity index (χ2n) is 0.939. The number of hydrogen-bond donors (Lipinski definition) is 1. The summed E-state index contributed by atoms with van der Waals surface area (Å²) in [6, 6.07) is -1.19. The molecular weight excluding hydrogens is 117 g/mol. The lowest BCUT2D eigenvalue weighted by molar-refractivity contribution is 0.181. The summed E-state index contributed by atoms with van der Waals surface area (Å²) in [7, 11) is 0. The molecule has 5 nitrogen and oxygen atoms in total. The molecule has 0 rings (SSSR count). The van der Waals surface area contributed by atoms with Crippen LogP contribution in [0.15, 0.2) is 5.29 Å². The van der Waals surface area contributed by atoms with Crippen molar-refractivity contribution in [3.63, 3.8) is 0 Å². The normalized spacial score (nSPS) is 8.12. The number of hydrogen-bond acceptors (Lipinski definition) is 3. The van der Waals surface area contributed by atoms with Crippen LogP contribution in [0.1, 0.15) is 0 Å². The van der Waals surface area contributed by atoms with Gasteiger partial charge in [-0.05, 0) is 0 Å². The highest BCUT2D eigenvalue weighted by Gasteiger charge is 2.06. The van der Waals surface area contributed by atoms with Gasteiger partial charge in [-0.25, -0.2) is 9.18 Å². The molecule has 46 valence electrons. The number of rotatable bonds is 2. The van der Waals surface area contributed by atoms with Crippen LogP contribution in [0.3, 0.4) is 0 Å². The van der Waals surface area contributed by atoms with Gasteiger partial charge in [0.15, 0.2) is 6.80 Å². The lowest BCUT2D eigenvalue weighted by atomic mass is 11.0. The molecule has 0 atom stereocenters. The first-order chi connectivity index (χ1) is 3.72. The second kappa shape index (κ2) is 2.89. The van der Waals surface area contributed by atoms with Crippen LogP contribution in [-0.2, 0) is 0 Å². The molecule has 0 aliphatic rings. The SMILES string of the molecule is NC(=O)N(CF)N=O. The molecule has 0 saturated heterocycles. The molecule has 0 aromatic heterocycles. The van der Waals surface area contributed by atoms with Crippen LogP contribution in [0, 0.1) is 4.91 Å². The predicted octanol–water partition coefficient (Wildman–Crippen LogP) is -0.0245. The van der Waals surface area contributed by atoms with E-state index in [2.05, 4.69) is 5.73 Å². The average Bonchev–Trinajstić information content (AvgIpc) is 1.69. The Bertz CT molecular complexity index is 105. The van der Waals surface area contributed by atoms with E-state index in [1.807, 2.05) is 5.29 Å². The minimum atomic E-state index is -1.28. The Kier molecular flexibility index (Phi) is 2.46. The molecule has 0 radical (unpaired) electrons. The zero-order chi connectivity index (χ0) is 6.57. The van der Waals surface area contributed by atoms with Gasteiger partial charge in [-0.15, -0.1) is 9.92 Å². The van der Waals surface area contributed by atoms with Crippen LogP contribution in [-0.4, -0.2) is 17.8 Å². The van der Waals surface area contributed by atoms with E-state index in [0.29, 0.717) is 0 Å². The van der Waals surface area contributed by atoms with E-state index in [4.69, 9.17) is 0 Å². The van der Waals surface area contributed by atoms with E-state index in [0.717, 1.165) is 0 Å². The van der Waals surface area contributed by atoms with Crippen LogP contribution in [0.2, 0.25) is 0 Å². The number of primary amides is 1. The Morgan fingerprint density at radius 2 is 2.38 bits per heavy atom. The number of amides is 2. The molecule has 0 unspecified atom stereocenters. The molecule has 2 N–H and O–H groups in total. The number of nitrogens with zero attached hydrogens (tertiary/aromatic N) is 2. The summed E-state index contributed by atoms with van der Waals surface area (Å²) < 4.78 is 11.2. The van der Waals surface area contributed by atoms with E-state index >= 15 is 0 Å². The van der Waals surface area contributed by atoms with Gasteiger partial charge in [0.1, 0.15) is 0 Å². The molecule has 0 fully saturated rings. The number of carbonyl (C=O) groups excluding carboxylic acids is 1. The molecule has 0 bridgehead atoms. The van der Waals surface area contributed by atoms with Crippen molar-refractivity contribution in [1.82, 2.24) is 5.01 Å². The first-order valence-electron chi connectivity index (χ1n) is 1.68. The molecule has 8 heavy (non-hydrogen) atoms. The largest absolute Gasteiger partial charge is 0.350 e. The monoisotopic (exact) mass is 121 g/mol. The van der Waals surface area contributed by atoms with E-state index in [1.54, 1.807) is 0 Å². The highest BCUT2D eigenvalue weighted by Crippen LogP contribution is 1.85. The lowest BCUT2D eigenvalue weighted by Crippen LogP contribution is -2.29. The maximum absolute atomic E-state index is 11.2. The summed E-state index contributed by atoms with van der Waals surface area (Å²) in [6.45, 7) is -1.28. The van der Waals surface area contributed by atoms with Crippen molar-refractivity contribution in [2.24, 2.45) is 11.0 Å². The summed E-state index contributed by atoms with van der Waals surface area (Å²) in [6.07, 6.45) is 0. The Morgan fingerprint density at radius 3 is 2.38 bits per heavy atom. The Labute approximate surface area is 44.2 Å². The third kappa shape index (κ3) is 1.50. The predicted molar refractivity (Wildman–Crippen MR) is 23.2 cm³/mol. The summed E-state index contributed by atoms with van der Waals surface area (Å²) in [5, 5.41) is 1.90. The van der Waals surface area contributed by atoms with Gasteiger partial charge in [-0.2, -0.15) is 0 Å². The molecule has 0 aliphatic heterocycles. The second-order valence-corrected chi connectivity index (χ2v) is 0.939. The van der Waals surface area contributed by atoms with Crippen LogP contribution in [0.4, 0.5) is 9.18 Å². The summed E-state index contributed by atoms with van der Waals surface area (Å²) in [5.41, 5.74) is 4.41. The highest BCUT2D eigenvalue weighted by molar-refractivity contribution is 5.71.